The Balaban J connectivity index is 2.16. The lowest BCUT2D eigenvalue weighted by atomic mass is 10.2. The molecule has 1 heterocycles. The fourth-order valence-corrected chi connectivity index (χ4v) is 1.57. The topological polar surface area (TPSA) is 101 Å². The standard InChI is InChI=1S/C13H13N3O4/c1-19-10-3-4-12(11(6-10)16(17)18)20-8-9-2-5-13(14)15-7-9/h2-7H,8H2,1H3,(H2,14,15). The summed E-state index contributed by atoms with van der Waals surface area (Å²) in [6.07, 6.45) is 1.56. The molecule has 0 unspecified atom stereocenters. The van der Waals surface area contributed by atoms with Gasteiger partial charge in [0.15, 0.2) is 5.75 Å². The van der Waals surface area contributed by atoms with Crippen molar-refractivity contribution in [2.45, 2.75) is 6.61 Å². The highest BCUT2D eigenvalue weighted by Crippen LogP contribution is 2.31. The van der Waals surface area contributed by atoms with Crippen molar-refractivity contribution in [1.82, 2.24) is 4.98 Å². The third kappa shape index (κ3) is 3.14. The highest BCUT2D eigenvalue weighted by atomic mass is 16.6. The summed E-state index contributed by atoms with van der Waals surface area (Å²) >= 11 is 0. The highest BCUT2D eigenvalue weighted by Gasteiger charge is 2.16. The Morgan fingerprint density at radius 2 is 2.15 bits per heavy atom. The number of anilines is 1. The molecule has 0 aliphatic heterocycles. The maximum atomic E-state index is 11.0. The van der Waals surface area contributed by atoms with Gasteiger partial charge in [0.05, 0.1) is 18.1 Å². The minimum Gasteiger partial charge on any atom is -0.496 e. The van der Waals surface area contributed by atoms with Crippen LogP contribution in [0.5, 0.6) is 11.5 Å². The summed E-state index contributed by atoms with van der Waals surface area (Å²) in [5.74, 6) is 0.981. The van der Waals surface area contributed by atoms with Gasteiger partial charge in [-0.05, 0) is 18.2 Å². The third-order valence-corrected chi connectivity index (χ3v) is 2.60. The zero-order chi connectivity index (χ0) is 14.5. The minimum atomic E-state index is -0.515. The van der Waals surface area contributed by atoms with E-state index in [1.165, 1.54) is 19.2 Å². The maximum Gasteiger partial charge on any atom is 0.314 e. The van der Waals surface area contributed by atoms with E-state index in [1.54, 1.807) is 24.4 Å². The summed E-state index contributed by atoms with van der Waals surface area (Å²) in [5, 5.41) is 11.0. The molecule has 0 saturated heterocycles. The molecular weight excluding hydrogens is 262 g/mol. The molecule has 0 spiro atoms. The van der Waals surface area contributed by atoms with E-state index in [9.17, 15) is 10.1 Å². The molecule has 0 aliphatic rings. The Morgan fingerprint density at radius 1 is 1.35 bits per heavy atom. The van der Waals surface area contributed by atoms with Gasteiger partial charge in [-0.1, -0.05) is 6.07 Å². The molecule has 7 heteroatoms. The Hall–Kier alpha value is -2.83. The number of ether oxygens (including phenoxy) is 2. The number of aromatic nitrogens is 1. The second-order valence-electron chi connectivity index (χ2n) is 3.97. The Labute approximate surface area is 115 Å². The molecule has 2 N–H and O–H groups in total. The average molecular weight is 275 g/mol. The van der Waals surface area contributed by atoms with Gasteiger partial charge in [0.25, 0.3) is 0 Å². The number of nitrogen functional groups attached to an aromatic ring is 1. The lowest BCUT2D eigenvalue weighted by Gasteiger charge is -2.08. The SMILES string of the molecule is COc1ccc(OCc2ccc(N)nc2)c([N+](=O)[O-])c1. The van der Waals surface area contributed by atoms with Crippen LogP contribution in [0.2, 0.25) is 0 Å². The zero-order valence-corrected chi connectivity index (χ0v) is 10.8. The first kappa shape index (κ1) is 13.6. The van der Waals surface area contributed by atoms with E-state index in [4.69, 9.17) is 15.2 Å². The highest BCUT2D eigenvalue weighted by molar-refractivity contribution is 5.51. The van der Waals surface area contributed by atoms with E-state index in [0.29, 0.717) is 11.6 Å². The summed E-state index contributed by atoms with van der Waals surface area (Å²) in [7, 11) is 1.44. The Kier molecular flexibility index (Phi) is 3.99. The largest absolute Gasteiger partial charge is 0.496 e. The number of hydrogen-bond acceptors (Lipinski definition) is 6. The van der Waals surface area contributed by atoms with Crippen LogP contribution in [-0.4, -0.2) is 17.0 Å². The van der Waals surface area contributed by atoms with Crippen molar-refractivity contribution in [3.63, 3.8) is 0 Å². The van der Waals surface area contributed by atoms with E-state index in [1.807, 2.05) is 0 Å². The third-order valence-electron chi connectivity index (χ3n) is 2.60. The maximum absolute atomic E-state index is 11.0. The van der Waals surface area contributed by atoms with Crippen LogP contribution in [0.25, 0.3) is 0 Å². The van der Waals surface area contributed by atoms with Crippen LogP contribution in [0, 0.1) is 10.1 Å². The molecule has 0 fully saturated rings. The van der Waals surface area contributed by atoms with E-state index in [-0.39, 0.29) is 18.0 Å². The number of nitro groups is 1. The molecule has 0 bridgehead atoms. The molecule has 1 aromatic heterocycles. The smallest absolute Gasteiger partial charge is 0.314 e. The summed E-state index contributed by atoms with van der Waals surface area (Å²) in [6, 6.07) is 7.81. The van der Waals surface area contributed by atoms with E-state index in [0.717, 1.165) is 5.56 Å². The van der Waals surface area contributed by atoms with Crippen molar-refractivity contribution >= 4 is 11.5 Å². The molecule has 0 amide bonds. The summed E-state index contributed by atoms with van der Waals surface area (Å²) in [6.45, 7) is 0.167. The molecule has 2 rings (SSSR count). The molecule has 104 valence electrons. The van der Waals surface area contributed by atoms with Crippen molar-refractivity contribution in [1.29, 1.82) is 0 Å². The first-order valence-corrected chi connectivity index (χ1v) is 5.76. The molecule has 1 aromatic carbocycles. The van der Waals surface area contributed by atoms with Crippen LogP contribution >= 0.6 is 0 Å². The second kappa shape index (κ2) is 5.87. The predicted molar refractivity (Wildman–Crippen MR) is 72.6 cm³/mol. The van der Waals surface area contributed by atoms with Gasteiger partial charge in [0.1, 0.15) is 18.2 Å². The average Bonchev–Trinajstić information content (AvgIpc) is 2.46. The number of nitrogens with two attached hydrogens (primary N) is 1. The summed E-state index contributed by atoms with van der Waals surface area (Å²) < 4.78 is 10.4. The van der Waals surface area contributed by atoms with Crippen LogP contribution in [0.3, 0.4) is 0 Å². The van der Waals surface area contributed by atoms with Crippen LogP contribution in [0.1, 0.15) is 5.56 Å². The normalized spacial score (nSPS) is 10.1. The lowest BCUT2D eigenvalue weighted by Crippen LogP contribution is -2.00. The van der Waals surface area contributed by atoms with Crippen molar-refractivity contribution in [2.24, 2.45) is 0 Å². The van der Waals surface area contributed by atoms with Crippen molar-refractivity contribution < 1.29 is 14.4 Å². The quantitative estimate of drug-likeness (QED) is 0.662. The van der Waals surface area contributed by atoms with Crippen molar-refractivity contribution in [2.75, 3.05) is 12.8 Å². The van der Waals surface area contributed by atoms with Gasteiger partial charge in [0, 0.05) is 11.8 Å². The Morgan fingerprint density at radius 3 is 2.75 bits per heavy atom. The zero-order valence-electron chi connectivity index (χ0n) is 10.8. The Bertz CT molecular complexity index is 614. The van der Waals surface area contributed by atoms with E-state index >= 15 is 0 Å². The lowest BCUT2D eigenvalue weighted by molar-refractivity contribution is -0.386. The van der Waals surface area contributed by atoms with E-state index < -0.39 is 4.92 Å². The molecule has 20 heavy (non-hydrogen) atoms. The number of rotatable bonds is 5. The van der Waals surface area contributed by atoms with Gasteiger partial charge >= 0.3 is 5.69 Å². The molecule has 7 nitrogen and oxygen atoms in total. The first-order chi connectivity index (χ1) is 9.60. The molecule has 0 saturated carbocycles. The number of benzene rings is 1. The second-order valence-corrected chi connectivity index (χ2v) is 3.97. The molecule has 0 radical (unpaired) electrons. The van der Waals surface area contributed by atoms with Gasteiger partial charge in [-0.3, -0.25) is 10.1 Å². The van der Waals surface area contributed by atoms with Gasteiger partial charge in [0.2, 0.25) is 0 Å². The van der Waals surface area contributed by atoms with Gasteiger partial charge in [-0.15, -0.1) is 0 Å². The van der Waals surface area contributed by atoms with Gasteiger partial charge in [-0.2, -0.15) is 0 Å². The molecular formula is C13H13N3O4. The van der Waals surface area contributed by atoms with Crippen LogP contribution in [-0.2, 0) is 6.61 Å². The van der Waals surface area contributed by atoms with E-state index in [2.05, 4.69) is 4.98 Å². The fraction of sp³-hybridized carbons (Fsp3) is 0.154. The fourth-order valence-electron chi connectivity index (χ4n) is 1.57. The first-order valence-electron chi connectivity index (χ1n) is 5.76. The van der Waals surface area contributed by atoms with Crippen molar-refractivity contribution in [3.05, 3.63) is 52.2 Å². The molecule has 2 aromatic rings. The summed E-state index contributed by atoms with van der Waals surface area (Å²) in [4.78, 5) is 14.4. The minimum absolute atomic E-state index is 0.146. The number of pyridine rings is 1. The monoisotopic (exact) mass is 275 g/mol. The van der Waals surface area contributed by atoms with Gasteiger partial charge in [-0.25, -0.2) is 4.98 Å². The number of nitro benzene ring substituents is 1. The number of nitrogens with zero attached hydrogens (tertiary/aromatic N) is 2. The van der Waals surface area contributed by atoms with Crippen LogP contribution < -0.4 is 15.2 Å². The number of hydrogen-bond donors (Lipinski definition) is 1. The van der Waals surface area contributed by atoms with Crippen LogP contribution in [0.15, 0.2) is 36.5 Å². The summed E-state index contributed by atoms with van der Waals surface area (Å²) in [5.41, 5.74) is 6.10. The van der Waals surface area contributed by atoms with Crippen molar-refractivity contribution in [3.8, 4) is 11.5 Å². The number of methoxy groups -OCH3 is 1. The molecule has 0 aliphatic carbocycles. The molecule has 0 atom stereocenters. The predicted octanol–water partition coefficient (Wildman–Crippen LogP) is 2.16. The van der Waals surface area contributed by atoms with Gasteiger partial charge < -0.3 is 15.2 Å². The van der Waals surface area contributed by atoms with Crippen LogP contribution in [0.4, 0.5) is 11.5 Å².